The molecule has 2 N–H and O–H groups in total. The molecular weight excluding hydrogens is 288 g/mol. The third-order valence-electron chi connectivity index (χ3n) is 3.14. The zero-order valence-corrected chi connectivity index (χ0v) is 12.1. The Morgan fingerprint density at radius 2 is 2.14 bits per heavy atom. The highest BCUT2D eigenvalue weighted by Gasteiger charge is 2.13. The fourth-order valence-corrected chi connectivity index (χ4v) is 2.06. The van der Waals surface area contributed by atoms with E-state index in [0.717, 1.165) is 0 Å². The number of nitrogen functional groups attached to an aromatic ring is 1. The second-order valence-corrected chi connectivity index (χ2v) is 4.92. The zero-order valence-electron chi connectivity index (χ0n) is 11.4. The van der Waals surface area contributed by atoms with E-state index in [-0.39, 0.29) is 6.61 Å². The van der Waals surface area contributed by atoms with Crippen LogP contribution in [0, 0.1) is 18.3 Å². The summed E-state index contributed by atoms with van der Waals surface area (Å²) in [5, 5.41) is 9.16. The van der Waals surface area contributed by atoms with Crippen LogP contribution in [0.25, 0.3) is 0 Å². The third-order valence-corrected chi connectivity index (χ3v) is 3.49. The van der Waals surface area contributed by atoms with Crippen LogP contribution in [0.4, 0.5) is 5.69 Å². The van der Waals surface area contributed by atoms with E-state index < -0.39 is 5.97 Å². The Kier molecular flexibility index (Phi) is 4.46. The molecule has 0 spiro atoms. The molecule has 2 aromatic rings. The van der Waals surface area contributed by atoms with Gasteiger partial charge in [0.15, 0.2) is 0 Å². The number of hydrogen-bond acceptors (Lipinski definition) is 4. The highest BCUT2D eigenvalue weighted by molar-refractivity contribution is 6.31. The number of benzene rings is 2. The first-order valence-electron chi connectivity index (χ1n) is 6.23. The SMILES string of the molecule is Cc1c(N)cccc1C(=O)OCc1ccc(C#N)cc1Cl. The van der Waals surface area contributed by atoms with Crippen LogP contribution in [0.3, 0.4) is 0 Å². The summed E-state index contributed by atoms with van der Waals surface area (Å²) in [7, 11) is 0. The molecule has 0 radical (unpaired) electrons. The van der Waals surface area contributed by atoms with Gasteiger partial charge in [-0.25, -0.2) is 4.79 Å². The van der Waals surface area contributed by atoms with Gasteiger partial charge in [-0.2, -0.15) is 5.26 Å². The van der Waals surface area contributed by atoms with Gasteiger partial charge in [0.25, 0.3) is 0 Å². The van der Waals surface area contributed by atoms with Gasteiger partial charge in [0.2, 0.25) is 0 Å². The number of anilines is 1. The van der Waals surface area contributed by atoms with E-state index in [0.29, 0.717) is 33.0 Å². The van der Waals surface area contributed by atoms with Crippen LogP contribution in [0.5, 0.6) is 0 Å². The van der Waals surface area contributed by atoms with E-state index >= 15 is 0 Å². The summed E-state index contributed by atoms with van der Waals surface area (Å²) in [5.74, 6) is -0.458. The number of rotatable bonds is 3. The number of hydrogen-bond donors (Lipinski definition) is 1. The smallest absolute Gasteiger partial charge is 0.338 e. The van der Waals surface area contributed by atoms with Gasteiger partial charge in [-0.3, -0.25) is 0 Å². The van der Waals surface area contributed by atoms with Gasteiger partial charge in [-0.05, 0) is 36.8 Å². The maximum absolute atomic E-state index is 12.1. The van der Waals surface area contributed by atoms with Gasteiger partial charge in [0.1, 0.15) is 6.61 Å². The zero-order chi connectivity index (χ0) is 15.4. The fraction of sp³-hybridized carbons (Fsp3) is 0.125. The lowest BCUT2D eigenvalue weighted by Crippen LogP contribution is -2.08. The molecule has 0 aromatic heterocycles. The second-order valence-electron chi connectivity index (χ2n) is 4.51. The summed E-state index contributed by atoms with van der Waals surface area (Å²) in [5.41, 5.74) is 8.53. The standard InChI is InChI=1S/C16H13ClN2O2/c1-10-13(3-2-4-15(10)19)16(20)21-9-12-6-5-11(8-18)7-14(12)17/h2-7H,9,19H2,1H3. The van der Waals surface area contributed by atoms with E-state index in [1.807, 2.05) is 6.07 Å². The van der Waals surface area contributed by atoms with Gasteiger partial charge >= 0.3 is 5.97 Å². The summed E-state index contributed by atoms with van der Waals surface area (Å²) < 4.78 is 5.24. The molecule has 0 fully saturated rings. The Morgan fingerprint density at radius 3 is 2.81 bits per heavy atom. The Labute approximate surface area is 127 Å². The summed E-state index contributed by atoms with van der Waals surface area (Å²) in [6.45, 7) is 1.80. The van der Waals surface area contributed by atoms with Crippen LogP contribution in [0.2, 0.25) is 5.02 Å². The van der Waals surface area contributed by atoms with Gasteiger partial charge in [-0.1, -0.05) is 23.7 Å². The van der Waals surface area contributed by atoms with E-state index in [1.165, 1.54) is 6.07 Å². The molecule has 0 aliphatic rings. The number of carbonyl (C=O) groups is 1. The molecule has 0 heterocycles. The maximum Gasteiger partial charge on any atom is 0.338 e. The number of esters is 1. The Bertz CT molecular complexity index is 736. The normalized spacial score (nSPS) is 9.95. The van der Waals surface area contributed by atoms with E-state index in [4.69, 9.17) is 27.3 Å². The van der Waals surface area contributed by atoms with Crippen molar-refractivity contribution in [1.82, 2.24) is 0 Å². The lowest BCUT2D eigenvalue weighted by atomic mass is 10.1. The topological polar surface area (TPSA) is 76.1 Å². The van der Waals surface area contributed by atoms with Crippen LogP contribution in [-0.4, -0.2) is 5.97 Å². The average molecular weight is 301 g/mol. The van der Waals surface area contributed by atoms with Crippen molar-refractivity contribution in [2.45, 2.75) is 13.5 Å². The third kappa shape index (κ3) is 3.33. The van der Waals surface area contributed by atoms with Gasteiger partial charge < -0.3 is 10.5 Å². The molecule has 0 saturated heterocycles. The molecular formula is C16H13ClN2O2. The minimum atomic E-state index is -0.458. The van der Waals surface area contributed by atoms with Crippen molar-refractivity contribution in [3.8, 4) is 6.07 Å². The monoisotopic (exact) mass is 300 g/mol. The summed E-state index contributed by atoms with van der Waals surface area (Å²) in [6, 6.07) is 11.9. The molecule has 21 heavy (non-hydrogen) atoms. The molecule has 0 aliphatic heterocycles. The number of ether oxygens (including phenoxy) is 1. The Balaban J connectivity index is 2.11. The predicted molar refractivity (Wildman–Crippen MR) is 80.9 cm³/mol. The highest BCUT2D eigenvalue weighted by Crippen LogP contribution is 2.20. The Morgan fingerprint density at radius 1 is 1.38 bits per heavy atom. The van der Waals surface area contributed by atoms with Crippen molar-refractivity contribution >= 4 is 23.3 Å². The first-order chi connectivity index (χ1) is 10.0. The molecule has 0 amide bonds. The lowest BCUT2D eigenvalue weighted by Gasteiger charge is -2.09. The van der Waals surface area contributed by atoms with Crippen LogP contribution >= 0.6 is 11.6 Å². The minimum absolute atomic E-state index is 0.0393. The molecule has 106 valence electrons. The molecule has 0 saturated carbocycles. The van der Waals surface area contributed by atoms with E-state index in [2.05, 4.69) is 0 Å². The Hall–Kier alpha value is -2.51. The first-order valence-corrected chi connectivity index (χ1v) is 6.61. The molecule has 2 rings (SSSR count). The van der Waals surface area contributed by atoms with Gasteiger partial charge in [-0.15, -0.1) is 0 Å². The van der Waals surface area contributed by atoms with Crippen LogP contribution < -0.4 is 5.73 Å². The molecule has 0 unspecified atom stereocenters. The number of nitriles is 1. The lowest BCUT2D eigenvalue weighted by molar-refractivity contribution is 0.0472. The molecule has 2 aromatic carbocycles. The first kappa shape index (κ1) is 14.9. The summed E-state index contributed by atoms with van der Waals surface area (Å²) in [6.07, 6.45) is 0. The average Bonchev–Trinajstić information content (AvgIpc) is 2.48. The molecule has 4 nitrogen and oxygen atoms in total. The largest absolute Gasteiger partial charge is 0.457 e. The fourth-order valence-electron chi connectivity index (χ4n) is 1.83. The van der Waals surface area contributed by atoms with Gasteiger partial charge in [0, 0.05) is 16.3 Å². The number of halogens is 1. The van der Waals surface area contributed by atoms with Gasteiger partial charge in [0.05, 0.1) is 17.2 Å². The van der Waals surface area contributed by atoms with Crippen LogP contribution in [-0.2, 0) is 11.3 Å². The number of nitrogens with two attached hydrogens (primary N) is 1. The van der Waals surface area contributed by atoms with Crippen molar-refractivity contribution in [2.75, 3.05) is 5.73 Å². The van der Waals surface area contributed by atoms with Crippen molar-refractivity contribution in [2.24, 2.45) is 0 Å². The number of carbonyl (C=O) groups excluding carboxylic acids is 1. The predicted octanol–water partition coefficient (Wildman–Crippen LogP) is 3.46. The summed E-state index contributed by atoms with van der Waals surface area (Å²) >= 11 is 6.03. The van der Waals surface area contributed by atoms with Crippen molar-refractivity contribution in [3.05, 3.63) is 63.7 Å². The van der Waals surface area contributed by atoms with Crippen molar-refractivity contribution in [1.29, 1.82) is 5.26 Å². The quantitative estimate of drug-likeness (QED) is 0.695. The van der Waals surface area contributed by atoms with Crippen LogP contribution in [0.15, 0.2) is 36.4 Å². The molecule has 0 bridgehead atoms. The summed E-state index contributed by atoms with van der Waals surface area (Å²) in [4.78, 5) is 12.1. The van der Waals surface area contributed by atoms with Crippen LogP contribution in [0.1, 0.15) is 27.0 Å². The molecule has 5 heteroatoms. The van der Waals surface area contributed by atoms with E-state index in [1.54, 1.807) is 37.3 Å². The minimum Gasteiger partial charge on any atom is -0.457 e. The number of nitrogens with zero attached hydrogens (tertiary/aromatic N) is 1. The molecule has 0 atom stereocenters. The van der Waals surface area contributed by atoms with Crippen molar-refractivity contribution < 1.29 is 9.53 Å². The highest BCUT2D eigenvalue weighted by atomic mass is 35.5. The van der Waals surface area contributed by atoms with Crippen molar-refractivity contribution in [3.63, 3.8) is 0 Å². The van der Waals surface area contributed by atoms with E-state index in [9.17, 15) is 4.79 Å². The molecule has 0 aliphatic carbocycles. The second kappa shape index (κ2) is 6.29. The maximum atomic E-state index is 12.1.